The van der Waals surface area contributed by atoms with Crippen LogP contribution in [0, 0.1) is 5.92 Å². The third kappa shape index (κ3) is 4.29. The predicted molar refractivity (Wildman–Crippen MR) is 74.9 cm³/mol. The highest BCUT2D eigenvalue weighted by Crippen LogP contribution is 2.25. The fraction of sp³-hybridized carbons (Fsp3) is 0.583. The number of aliphatic carboxylic acids is 1. The molecule has 0 aliphatic carbocycles. The Kier molecular flexibility index (Phi) is 5.51. The van der Waals surface area contributed by atoms with Crippen LogP contribution in [0.25, 0.3) is 0 Å². The lowest BCUT2D eigenvalue weighted by molar-refractivity contribution is -0.136. The normalized spacial score (nSPS) is 13.7. The van der Waals surface area contributed by atoms with Crippen LogP contribution in [0.1, 0.15) is 25.1 Å². The molecule has 1 rings (SSSR count). The van der Waals surface area contributed by atoms with Crippen LogP contribution < -0.4 is 0 Å². The lowest BCUT2D eigenvalue weighted by Crippen LogP contribution is -2.30. The van der Waals surface area contributed by atoms with Crippen LogP contribution in [0.15, 0.2) is 16.3 Å². The zero-order chi connectivity index (χ0) is 14.6. The van der Waals surface area contributed by atoms with Crippen molar-refractivity contribution in [3.63, 3.8) is 0 Å². The molecule has 0 bridgehead atoms. The van der Waals surface area contributed by atoms with Crippen LogP contribution in [0.3, 0.4) is 0 Å². The molecule has 1 N–H and O–H groups in total. The largest absolute Gasteiger partial charge is 0.481 e. The summed E-state index contributed by atoms with van der Waals surface area (Å²) in [7, 11) is -1.95. The number of carboxylic acids is 1. The Morgan fingerprint density at radius 3 is 2.63 bits per heavy atom. The summed E-state index contributed by atoms with van der Waals surface area (Å²) >= 11 is 1.02. The van der Waals surface area contributed by atoms with Crippen LogP contribution in [0.4, 0.5) is 0 Å². The molecule has 1 atom stereocenters. The molecule has 0 amide bonds. The maximum absolute atomic E-state index is 12.3. The van der Waals surface area contributed by atoms with E-state index in [0.29, 0.717) is 17.3 Å². The number of sulfonamides is 1. The van der Waals surface area contributed by atoms with Crippen molar-refractivity contribution in [3.8, 4) is 0 Å². The van der Waals surface area contributed by atoms with Crippen molar-refractivity contribution in [3.05, 3.63) is 17.0 Å². The highest BCUT2D eigenvalue weighted by Gasteiger charge is 2.24. The highest BCUT2D eigenvalue weighted by atomic mass is 32.2. The Hall–Kier alpha value is -0.920. The first-order chi connectivity index (χ1) is 8.77. The van der Waals surface area contributed by atoms with Gasteiger partial charge in [0.1, 0.15) is 4.21 Å². The molecule has 0 spiro atoms. The van der Waals surface area contributed by atoms with E-state index in [9.17, 15) is 13.2 Å². The van der Waals surface area contributed by atoms with E-state index in [0.717, 1.165) is 17.8 Å². The summed E-state index contributed by atoms with van der Waals surface area (Å²) in [5.74, 6) is -0.669. The number of carbonyl (C=O) groups is 1. The summed E-state index contributed by atoms with van der Waals surface area (Å²) < 4.78 is 26.1. The standard InChI is InChI=1S/C12H19NO4S2/c1-4-9(2)8-13(3)19(16,17)12-6-5-10(18-12)7-11(14)15/h5-6,9H,4,7-8H2,1-3H3,(H,14,15). The molecule has 0 fully saturated rings. The van der Waals surface area contributed by atoms with Gasteiger partial charge in [-0.15, -0.1) is 11.3 Å². The number of hydrogen-bond donors (Lipinski definition) is 1. The molecule has 0 saturated carbocycles. The van der Waals surface area contributed by atoms with Gasteiger partial charge in [0.2, 0.25) is 0 Å². The monoisotopic (exact) mass is 305 g/mol. The van der Waals surface area contributed by atoms with Gasteiger partial charge >= 0.3 is 5.97 Å². The second-order valence-corrected chi connectivity index (χ2v) is 8.03. The van der Waals surface area contributed by atoms with Gasteiger partial charge in [-0.1, -0.05) is 20.3 Å². The highest BCUT2D eigenvalue weighted by molar-refractivity contribution is 7.91. The summed E-state index contributed by atoms with van der Waals surface area (Å²) in [6.45, 7) is 4.47. The van der Waals surface area contributed by atoms with Crippen molar-refractivity contribution in [2.75, 3.05) is 13.6 Å². The number of rotatable bonds is 7. The van der Waals surface area contributed by atoms with Crippen LogP contribution in [-0.2, 0) is 21.2 Å². The molecule has 1 aromatic rings. The number of nitrogens with zero attached hydrogens (tertiary/aromatic N) is 1. The van der Waals surface area contributed by atoms with Gasteiger partial charge in [0.05, 0.1) is 6.42 Å². The van der Waals surface area contributed by atoms with Crippen LogP contribution in [-0.4, -0.2) is 37.4 Å². The zero-order valence-corrected chi connectivity index (χ0v) is 12.9. The molecule has 5 nitrogen and oxygen atoms in total. The van der Waals surface area contributed by atoms with E-state index in [4.69, 9.17) is 5.11 Å². The number of carboxylic acid groups (broad SMARTS) is 1. The van der Waals surface area contributed by atoms with Gasteiger partial charge in [-0.25, -0.2) is 8.42 Å². The zero-order valence-electron chi connectivity index (χ0n) is 11.3. The average molecular weight is 305 g/mol. The van der Waals surface area contributed by atoms with Gasteiger partial charge in [-0.2, -0.15) is 4.31 Å². The molecular weight excluding hydrogens is 286 g/mol. The van der Waals surface area contributed by atoms with E-state index in [1.165, 1.54) is 10.4 Å². The molecule has 0 radical (unpaired) electrons. The van der Waals surface area contributed by atoms with Gasteiger partial charge in [-0.3, -0.25) is 4.79 Å². The third-order valence-electron chi connectivity index (χ3n) is 2.89. The van der Waals surface area contributed by atoms with E-state index >= 15 is 0 Å². The molecule has 19 heavy (non-hydrogen) atoms. The van der Waals surface area contributed by atoms with E-state index in [1.807, 2.05) is 13.8 Å². The maximum atomic E-state index is 12.3. The maximum Gasteiger partial charge on any atom is 0.308 e. The van der Waals surface area contributed by atoms with Crippen molar-refractivity contribution in [2.45, 2.75) is 30.9 Å². The molecule has 0 saturated heterocycles. The molecule has 0 aromatic carbocycles. The van der Waals surface area contributed by atoms with Crippen molar-refractivity contribution in [2.24, 2.45) is 5.92 Å². The Labute approximate surface area is 117 Å². The quantitative estimate of drug-likeness (QED) is 0.836. The summed E-state index contributed by atoms with van der Waals surface area (Å²) in [5.41, 5.74) is 0. The molecular formula is C12H19NO4S2. The second kappa shape index (κ2) is 6.49. The van der Waals surface area contributed by atoms with Gasteiger partial charge in [-0.05, 0) is 18.1 Å². The summed E-state index contributed by atoms with van der Waals surface area (Å²) in [6.07, 6.45) is 0.768. The first kappa shape index (κ1) is 16.1. The Bertz CT molecular complexity index is 536. The third-order valence-corrected chi connectivity index (χ3v) is 6.27. The van der Waals surface area contributed by atoms with E-state index in [-0.39, 0.29) is 10.6 Å². The van der Waals surface area contributed by atoms with E-state index < -0.39 is 16.0 Å². The number of hydrogen-bond acceptors (Lipinski definition) is 4. The van der Waals surface area contributed by atoms with E-state index in [2.05, 4.69) is 0 Å². The van der Waals surface area contributed by atoms with Gasteiger partial charge in [0.25, 0.3) is 10.0 Å². The van der Waals surface area contributed by atoms with E-state index in [1.54, 1.807) is 13.1 Å². The smallest absolute Gasteiger partial charge is 0.308 e. The Morgan fingerprint density at radius 2 is 2.11 bits per heavy atom. The molecule has 1 unspecified atom stereocenters. The lowest BCUT2D eigenvalue weighted by atomic mass is 10.1. The molecule has 0 aliphatic heterocycles. The van der Waals surface area contributed by atoms with Gasteiger partial charge in [0.15, 0.2) is 0 Å². The van der Waals surface area contributed by atoms with Crippen LogP contribution in [0.2, 0.25) is 0 Å². The Balaban J connectivity index is 2.87. The second-order valence-electron chi connectivity index (χ2n) is 4.59. The van der Waals surface area contributed by atoms with Crippen molar-refractivity contribution < 1.29 is 18.3 Å². The first-order valence-corrected chi connectivity index (χ1v) is 8.29. The van der Waals surface area contributed by atoms with Crippen molar-refractivity contribution >= 4 is 27.3 Å². The average Bonchev–Trinajstić information content (AvgIpc) is 2.76. The van der Waals surface area contributed by atoms with Gasteiger partial charge in [0, 0.05) is 18.5 Å². The fourth-order valence-corrected chi connectivity index (χ4v) is 4.41. The SMILES string of the molecule is CCC(C)CN(C)S(=O)(=O)c1ccc(CC(=O)O)s1. The lowest BCUT2D eigenvalue weighted by Gasteiger charge is -2.19. The minimum atomic E-state index is -3.50. The fourth-order valence-electron chi connectivity index (χ4n) is 1.56. The van der Waals surface area contributed by atoms with Crippen LogP contribution in [0.5, 0.6) is 0 Å². The summed E-state index contributed by atoms with van der Waals surface area (Å²) in [5, 5.41) is 8.69. The molecule has 7 heteroatoms. The number of thiophene rings is 1. The first-order valence-electron chi connectivity index (χ1n) is 6.04. The Morgan fingerprint density at radius 1 is 1.47 bits per heavy atom. The molecule has 1 aromatic heterocycles. The minimum absolute atomic E-state index is 0.144. The summed E-state index contributed by atoms with van der Waals surface area (Å²) in [6, 6.07) is 3.04. The molecule has 1 heterocycles. The predicted octanol–water partition coefficient (Wildman–Crippen LogP) is 2.04. The molecule has 0 aliphatic rings. The molecule has 108 valence electrons. The van der Waals surface area contributed by atoms with Gasteiger partial charge < -0.3 is 5.11 Å². The van der Waals surface area contributed by atoms with Crippen molar-refractivity contribution in [1.29, 1.82) is 0 Å². The van der Waals surface area contributed by atoms with Crippen LogP contribution >= 0.6 is 11.3 Å². The minimum Gasteiger partial charge on any atom is -0.481 e. The topological polar surface area (TPSA) is 74.7 Å². The van der Waals surface area contributed by atoms with Crippen molar-refractivity contribution in [1.82, 2.24) is 4.31 Å². The summed E-state index contributed by atoms with van der Waals surface area (Å²) in [4.78, 5) is 11.1.